The largest absolute Gasteiger partial charge is 0.348 e. The van der Waals surface area contributed by atoms with E-state index in [1.54, 1.807) is 17.8 Å². The summed E-state index contributed by atoms with van der Waals surface area (Å²) in [6, 6.07) is 11.7. The monoisotopic (exact) mass is 468 g/mol. The first kappa shape index (κ1) is 20.2. The third-order valence-corrected chi connectivity index (χ3v) is 6.98. The maximum atomic E-state index is 12.2. The second-order valence-electron chi connectivity index (χ2n) is 6.99. The number of hydrogen-bond donors (Lipinski definition) is 1. The number of carbonyl (C=O) groups excluding carboxylic acids is 1. The first-order valence-corrected chi connectivity index (χ1v) is 11.9. The Balaban J connectivity index is 1.42. The number of carbonyl (C=O) groups is 1. The predicted octanol–water partition coefficient (Wildman–Crippen LogP) is 4.62. The molecule has 0 saturated heterocycles. The summed E-state index contributed by atoms with van der Waals surface area (Å²) in [4.78, 5) is 20.8. The van der Waals surface area contributed by atoms with Crippen molar-refractivity contribution >= 4 is 40.6 Å². The average Bonchev–Trinajstić information content (AvgIpc) is 3.31. The van der Waals surface area contributed by atoms with Crippen molar-refractivity contribution in [3.63, 3.8) is 0 Å². The summed E-state index contributed by atoms with van der Waals surface area (Å²) in [7, 11) is 0. The molecule has 0 aliphatic heterocycles. The molecule has 156 valence electrons. The van der Waals surface area contributed by atoms with Gasteiger partial charge in [0.05, 0.1) is 16.5 Å². The minimum atomic E-state index is -0.103. The van der Waals surface area contributed by atoms with Gasteiger partial charge in [0.2, 0.25) is 0 Å². The average molecular weight is 469 g/mol. The van der Waals surface area contributed by atoms with Gasteiger partial charge in [0.1, 0.15) is 10.7 Å². The molecule has 3 aromatic heterocycles. The number of benzene rings is 1. The van der Waals surface area contributed by atoms with Crippen LogP contribution in [0.25, 0.3) is 17.1 Å². The van der Waals surface area contributed by atoms with Crippen molar-refractivity contribution in [2.45, 2.75) is 29.8 Å². The van der Waals surface area contributed by atoms with Gasteiger partial charge in [-0.3, -0.25) is 14.3 Å². The molecule has 1 N–H and O–H groups in total. The van der Waals surface area contributed by atoms with E-state index in [0.717, 1.165) is 29.1 Å². The van der Waals surface area contributed by atoms with Gasteiger partial charge in [-0.25, -0.2) is 4.98 Å². The highest BCUT2D eigenvalue weighted by atomic mass is 35.5. The molecule has 0 radical (unpaired) electrons. The molecule has 7 nitrogen and oxygen atoms in total. The van der Waals surface area contributed by atoms with Crippen LogP contribution < -0.4 is 5.32 Å². The van der Waals surface area contributed by atoms with Gasteiger partial charge in [-0.05, 0) is 37.1 Å². The Kier molecular flexibility index (Phi) is 5.71. The number of thioether (sulfide) groups is 1. The fourth-order valence-corrected chi connectivity index (χ4v) is 4.95. The Morgan fingerprint density at radius 1 is 1.19 bits per heavy atom. The van der Waals surface area contributed by atoms with Crippen LogP contribution in [0.5, 0.6) is 0 Å². The van der Waals surface area contributed by atoms with E-state index < -0.39 is 0 Å². The first-order valence-electron chi connectivity index (χ1n) is 9.68. The van der Waals surface area contributed by atoms with E-state index in [4.69, 9.17) is 11.6 Å². The van der Waals surface area contributed by atoms with Crippen molar-refractivity contribution in [3.8, 4) is 17.1 Å². The second-order valence-corrected chi connectivity index (χ2v) is 9.28. The number of para-hydroxylation sites is 1. The van der Waals surface area contributed by atoms with E-state index in [2.05, 4.69) is 25.5 Å². The van der Waals surface area contributed by atoms with Crippen LogP contribution in [-0.2, 0) is 5.75 Å². The van der Waals surface area contributed by atoms with E-state index in [1.807, 2.05) is 41.0 Å². The van der Waals surface area contributed by atoms with Crippen LogP contribution in [0.4, 0.5) is 0 Å². The molecule has 1 aromatic carbocycles. The molecule has 0 atom stereocenters. The van der Waals surface area contributed by atoms with Gasteiger partial charge in [-0.15, -0.1) is 21.5 Å². The summed E-state index contributed by atoms with van der Waals surface area (Å²) < 4.78 is 1.94. The lowest BCUT2D eigenvalue weighted by Gasteiger charge is -2.11. The van der Waals surface area contributed by atoms with E-state index >= 15 is 0 Å². The van der Waals surface area contributed by atoms with Crippen LogP contribution in [0.3, 0.4) is 0 Å². The molecular formula is C21H17ClN6OS2. The van der Waals surface area contributed by atoms with Gasteiger partial charge in [0.25, 0.3) is 5.91 Å². The molecule has 4 aromatic rings. The summed E-state index contributed by atoms with van der Waals surface area (Å²) in [5.74, 6) is 1.15. The van der Waals surface area contributed by atoms with Crippen molar-refractivity contribution < 1.29 is 4.79 Å². The van der Waals surface area contributed by atoms with Gasteiger partial charge in [-0.1, -0.05) is 35.5 Å². The topological polar surface area (TPSA) is 85.6 Å². The van der Waals surface area contributed by atoms with E-state index in [1.165, 1.54) is 23.1 Å². The number of halogens is 1. The zero-order chi connectivity index (χ0) is 21.2. The SMILES string of the molecule is O=C(NC1CC1)c1csc(CSc2nnc(-c3ccncc3)n2-c2ccccc2Cl)n1. The lowest BCUT2D eigenvalue weighted by molar-refractivity contribution is 0.0946. The molecule has 1 fully saturated rings. The van der Waals surface area contributed by atoms with Gasteiger partial charge >= 0.3 is 0 Å². The van der Waals surface area contributed by atoms with Crippen molar-refractivity contribution in [1.82, 2.24) is 30.0 Å². The lowest BCUT2D eigenvalue weighted by Crippen LogP contribution is -2.25. The summed E-state index contributed by atoms with van der Waals surface area (Å²) in [6.45, 7) is 0. The molecule has 1 amide bonds. The van der Waals surface area contributed by atoms with Crippen molar-refractivity contribution in [2.75, 3.05) is 0 Å². The first-order chi connectivity index (χ1) is 15.2. The summed E-state index contributed by atoms with van der Waals surface area (Å²) in [5.41, 5.74) is 2.16. The lowest BCUT2D eigenvalue weighted by atomic mass is 10.2. The Morgan fingerprint density at radius 2 is 2.00 bits per heavy atom. The predicted molar refractivity (Wildman–Crippen MR) is 122 cm³/mol. The molecule has 3 heterocycles. The van der Waals surface area contributed by atoms with Gasteiger partial charge < -0.3 is 5.32 Å². The summed E-state index contributed by atoms with van der Waals surface area (Å²) in [6.07, 6.45) is 5.54. The molecular weight excluding hydrogens is 452 g/mol. The van der Waals surface area contributed by atoms with Crippen molar-refractivity contribution in [3.05, 3.63) is 69.9 Å². The number of pyridine rings is 1. The normalized spacial score (nSPS) is 13.3. The van der Waals surface area contributed by atoms with Gasteiger partial charge in [-0.2, -0.15) is 0 Å². The highest BCUT2D eigenvalue weighted by Crippen LogP contribution is 2.33. The fraction of sp³-hybridized carbons (Fsp3) is 0.190. The number of hydrogen-bond acceptors (Lipinski definition) is 7. The highest BCUT2D eigenvalue weighted by Gasteiger charge is 2.25. The summed E-state index contributed by atoms with van der Waals surface area (Å²) >= 11 is 9.47. The Bertz CT molecular complexity index is 1220. The third-order valence-electron chi connectivity index (χ3n) is 4.69. The van der Waals surface area contributed by atoms with E-state index in [0.29, 0.717) is 33.5 Å². The van der Waals surface area contributed by atoms with Crippen molar-refractivity contribution in [1.29, 1.82) is 0 Å². The molecule has 10 heteroatoms. The number of aromatic nitrogens is 5. The number of nitrogens with zero attached hydrogens (tertiary/aromatic N) is 5. The van der Waals surface area contributed by atoms with Crippen molar-refractivity contribution in [2.24, 2.45) is 0 Å². The Morgan fingerprint density at radius 3 is 2.77 bits per heavy atom. The summed E-state index contributed by atoms with van der Waals surface area (Å²) in [5, 5.41) is 15.7. The zero-order valence-corrected chi connectivity index (χ0v) is 18.6. The van der Waals surface area contributed by atoms with Crippen LogP contribution >= 0.6 is 34.7 Å². The molecule has 0 spiro atoms. The van der Waals surface area contributed by atoms with Crippen LogP contribution in [0, 0.1) is 0 Å². The van der Waals surface area contributed by atoms with Gasteiger partial charge in [0, 0.05) is 29.4 Å². The van der Waals surface area contributed by atoms with E-state index in [9.17, 15) is 4.79 Å². The molecule has 31 heavy (non-hydrogen) atoms. The van der Waals surface area contributed by atoms with E-state index in [-0.39, 0.29) is 5.91 Å². The fourth-order valence-electron chi connectivity index (χ4n) is 3.00. The Labute approximate surface area is 191 Å². The number of amides is 1. The van der Waals surface area contributed by atoms with Gasteiger partial charge in [0.15, 0.2) is 11.0 Å². The molecule has 1 aliphatic rings. The molecule has 0 bridgehead atoms. The number of nitrogens with one attached hydrogen (secondary N) is 1. The maximum Gasteiger partial charge on any atom is 0.270 e. The van der Waals surface area contributed by atoms with Crippen LogP contribution in [0.2, 0.25) is 5.02 Å². The molecule has 0 unspecified atom stereocenters. The molecule has 1 aliphatic carbocycles. The maximum absolute atomic E-state index is 12.2. The number of thiazole rings is 1. The minimum absolute atomic E-state index is 0.103. The quantitative estimate of drug-likeness (QED) is 0.398. The smallest absolute Gasteiger partial charge is 0.270 e. The number of rotatable bonds is 7. The zero-order valence-electron chi connectivity index (χ0n) is 16.2. The van der Waals surface area contributed by atoms with Crippen LogP contribution in [-0.4, -0.2) is 36.7 Å². The van der Waals surface area contributed by atoms with Crippen LogP contribution in [0.1, 0.15) is 28.3 Å². The Hall–Kier alpha value is -2.75. The standard InChI is InChI=1S/C21H17ClN6OS2/c22-15-3-1-2-4-17(15)28-19(13-7-9-23-10-8-13)26-27-21(28)31-12-18-25-16(11-30-18)20(29)24-14-5-6-14/h1-4,7-11,14H,5-6,12H2,(H,24,29). The highest BCUT2D eigenvalue weighted by molar-refractivity contribution is 7.98. The molecule has 1 saturated carbocycles. The minimum Gasteiger partial charge on any atom is -0.348 e. The second kappa shape index (κ2) is 8.78. The third kappa shape index (κ3) is 4.48. The molecule has 5 rings (SSSR count). The van der Waals surface area contributed by atoms with Crippen LogP contribution in [0.15, 0.2) is 59.3 Å².